The second-order valence-corrected chi connectivity index (χ2v) is 6.29. The van der Waals surface area contributed by atoms with Gasteiger partial charge < -0.3 is 5.32 Å². The van der Waals surface area contributed by atoms with Crippen LogP contribution in [0.4, 0.5) is 5.69 Å². The highest BCUT2D eigenvalue weighted by Crippen LogP contribution is 2.17. The highest BCUT2D eigenvalue weighted by Gasteiger charge is 2.20. The van der Waals surface area contributed by atoms with Gasteiger partial charge in [-0.3, -0.25) is 9.69 Å². The van der Waals surface area contributed by atoms with Crippen LogP contribution in [-0.4, -0.2) is 23.4 Å². The molecule has 0 spiro atoms. The highest BCUT2D eigenvalue weighted by molar-refractivity contribution is 7.09. The summed E-state index contributed by atoms with van der Waals surface area (Å²) in [6, 6.07) is 11.1. The maximum atomic E-state index is 12.4. The third kappa shape index (κ3) is 4.56. The van der Waals surface area contributed by atoms with E-state index >= 15 is 0 Å². The molecule has 2 rings (SSSR count). The zero-order valence-corrected chi connectivity index (χ0v) is 13.7. The minimum atomic E-state index is -0.198. The second-order valence-electron chi connectivity index (χ2n) is 4.82. The molecule has 112 valence electrons. The Kier molecular flexibility index (Phi) is 5.79. The van der Waals surface area contributed by atoms with Crippen molar-refractivity contribution in [3.05, 3.63) is 51.7 Å². The number of rotatable bonds is 6. The quantitative estimate of drug-likeness (QED) is 0.862. The largest absolute Gasteiger partial charge is 0.325 e. The summed E-state index contributed by atoms with van der Waals surface area (Å²) >= 11 is 7.64. The zero-order chi connectivity index (χ0) is 15.2. The van der Waals surface area contributed by atoms with Crippen molar-refractivity contribution < 1.29 is 4.79 Å². The topological polar surface area (TPSA) is 32.3 Å². The SMILES string of the molecule is CCN(Cc1cccs1)[C@H](C)C(=O)Nc1cccc(Cl)c1. The smallest absolute Gasteiger partial charge is 0.241 e. The van der Waals surface area contributed by atoms with Gasteiger partial charge in [0.25, 0.3) is 0 Å². The number of nitrogens with zero attached hydrogens (tertiary/aromatic N) is 1. The van der Waals surface area contributed by atoms with Crippen molar-refractivity contribution in [1.82, 2.24) is 4.90 Å². The average molecular weight is 323 g/mol. The van der Waals surface area contributed by atoms with Crippen LogP contribution in [0.15, 0.2) is 41.8 Å². The van der Waals surface area contributed by atoms with Gasteiger partial charge in [-0.25, -0.2) is 0 Å². The lowest BCUT2D eigenvalue weighted by Gasteiger charge is -2.26. The van der Waals surface area contributed by atoms with Crippen LogP contribution in [0.2, 0.25) is 5.02 Å². The summed E-state index contributed by atoms with van der Waals surface area (Å²) in [6.07, 6.45) is 0. The van der Waals surface area contributed by atoms with E-state index in [9.17, 15) is 4.79 Å². The maximum absolute atomic E-state index is 12.4. The van der Waals surface area contributed by atoms with Gasteiger partial charge in [0.15, 0.2) is 0 Å². The first-order chi connectivity index (χ1) is 10.1. The molecular formula is C16H19ClN2OS. The Bertz CT molecular complexity index is 586. The van der Waals surface area contributed by atoms with Gasteiger partial charge in [0.05, 0.1) is 6.04 Å². The molecule has 0 unspecified atom stereocenters. The van der Waals surface area contributed by atoms with Crippen LogP contribution in [0.5, 0.6) is 0 Å². The predicted octanol–water partition coefficient (Wildman–Crippen LogP) is 4.25. The van der Waals surface area contributed by atoms with Gasteiger partial charge in [0.1, 0.15) is 0 Å². The van der Waals surface area contributed by atoms with Crippen LogP contribution in [-0.2, 0) is 11.3 Å². The van der Waals surface area contributed by atoms with Gasteiger partial charge >= 0.3 is 0 Å². The first-order valence-corrected chi connectivity index (χ1v) is 8.18. The zero-order valence-electron chi connectivity index (χ0n) is 12.2. The molecule has 3 nitrogen and oxygen atoms in total. The molecule has 0 saturated carbocycles. The van der Waals surface area contributed by atoms with E-state index in [0.29, 0.717) is 5.02 Å². The number of halogens is 1. The summed E-state index contributed by atoms with van der Waals surface area (Å²) in [5, 5.41) is 5.59. The lowest BCUT2D eigenvalue weighted by atomic mass is 10.2. The number of carbonyl (C=O) groups is 1. The van der Waals surface area contributed by atoms with E-state index < -0.39 is 0 Å². The van der Waals surface area contributed by atoms with Gasteiger partial charge in [-0.05, 0) is 43.1 Å². The summed E-state index contributed by atoms with van der Waals surface area (Å²) in [5.41, 5.74) is 0.728. The van der Waals surface area contributed by atoms with E-state index in [4.69, 9.17) is 11.6 Å². The highest BCUT2D eigenvalue weighted by atomic mass is 35.5. The third-order valence-corrected chi connectivity index (χ3v) is 4.46. The van der Waals surface area contributed by atoms with Crippen molar-refractivity contribution in [1.29, 1.82) is 0 Å². The van der Waals surface area contributed by atoms with E-state index in [1.807, 2.05) is 25.1 Å². The summed E-state index contributed by atoms with van der Waals surface area (Å²) in [7, 11) is 0. The van der Waals surface area contributed by atoms with Gasteiger partial charge in [-0.15, -0.1) is 11.3 Å². The fraction of sp³-hybridized carbons (Fsp3) is 0.312. The summed E-state index contributed by atoms with van der Waals surface area (Å²) < 4.78 is 0. The molecule has 1 heterocycles. The number of likely N-dealkylation sites (N-methyl/N-ethyl adjacent to an activating group) is 1. The molecule has 1 aromatic heterocycles. The van der Waals surface area contributed by atoms with Crippen LogP contribution in [0.1, 0.15) is 18.7 Å². The van der Waals surface area contributed by atoms with E-state index in [2.05, 4.69) is 28.6 Å². The normalized spacial score (nSPS) is 12.4. The van der Waals surface area contributed by atoms with Crippen LogP contribution < -0.4 is 5.32 Å². The summed E-state index contributed by atoms with van der Waals surface area (Å²) in [6.45, 7) is 5.61. The molecule has 1 atom stereocenters. The monoisotopic (exact) mass is 322 g/mol. The number of thiophene rings is 1. The second kappa shape index (κ2) is 7.59. The van der Waals surface area contributed by atoms with Gasteiger partial charge in [0.2, 0.25) is 5.91 Å². The number of hydrogen-bond acceptors (Lipinski definition) is 3. The molecule has 5 heteroatoms. The van der Waals surface area contributed by atoms with Crippen molar-refractivity contribution in [2.24, 2.45) is 0 Å². The Hall–Kier alpha value is -1.36. The van der Waals surface area contributed by atoms with Crippen LogP contribution in [0, 0.1) is 0 Å². The number of amides is 1. The number of anilines is 1. The lowest BCUT2D eigenvalue weighted by molar-refractivity contribution is -0.120. The van der Waals surface area contributed by atoms with Crippen molar-refractivity contribution in [3.63, 3.8) is 0 Å². The predicted molar refractivity (Wildman–Crippen MR) is 89.9 cm³/mol. The molecule has 1 aromatic carbocycles. The van der Waals surface area contributed by atoms with Gasteiger partial charge in [-0.1, -0.05) is 30.7 Å². The standard InChI is InChI=1S/C16H19ClN2OS/c1-3-19(11-15-8-5-9-21-15)12(2)16(20)18-14-7-4-6-13(17)10-14/h4-10,12H,3,11H2,1-2H3,(H,18,20)/t12-/m1/s1. The number of benzene rings is 1. The summed E-state index contributed by atoms with van der Waals surface area (Å²) in [4.78, 5) is 15.8. The lowest BCUT2D eigenvalue weighted by Crippen LogP contribution is -2.41. The van der Waals surface area contributed by atoms with E-state index in [0.717, 1.165) is 18.8 Å². The molecular weight excluding hydrogens is 304 g/mol. The first kappa shape index (κ1) is 16.0. The Morgan fingerprint density at radius 3 is 2.81 bits per heavy atom. The van der Waals surface area contributed by atoms with E-state index in [1.54, 1.807) is 23.5 Å². The Labute approximate surface area is 134 Å². The molecule has 2 aromatic rings. The summed E-state index contributed by atoms with van der Waals surface area (Å²) in [5.74, 6) is -0.0179. The Morgan fingerprint density at radius 1 is 1.38 bits per heavy atom. The molecule has 0 aliphatic carbocycles. The van der Waals surface area contributed by atoms with Crippen molar-refractivity contribution in [2.45, 2.75) is 26.4 Å². The first-order valence-electron chi connectivity index (χ1n) is 6.93. The van der Waals surface area contributed by atoms with Gasteiger partial charge in [-0.2, -0.15) is 0 Å². The molecule has 0 radical (unpaired) electrons. The molecule has 0 aliphatic rings. The molecule has 0 bridgehead atoms. The molecule has 1 N–H and O–H groups in total. The minimum absolute atomic E-state index is 0.0179. The van der Waals surface area contributed by atoms with Crippen LogP contribution in [0.25, 0.3) is 0 Å². The van der Waals surface area contributed by atoms with E-state index in [-0.39, 0.29) is 11.9 Å². The van der Waals surface area contributed by atoms with Crippen molar-refractivity contribution >= 4 is 34.5 Å². The molecule has 1 amide bonds. The number of hydrogen-bond donors (Lipinski definition) is 1. The number of carbonyl (C=O) groups excluding carboxylic acids is 1. The van der Waals surface area contributed by atoms with Gasteiger partial charge in [0, 0.05) is 22.1 Å². The van der Waals surface area contributed by atoms with Crippen molar-refractivity contribution in [2.75, 3.05) is 11.9 Å². The van der Waals surface area contributed by atoms with Crippen molar-refractivity contribution in [3.8, 4) is 0 Å². The van der Waals surface area contributed by atoms with Crippen LogP contribution in [0.3, 0.4) is 0 Å². The number of nitrogens with one attached hydrogen (secondary N) is 1. The molecule has 0 saturated heterocycles. The fourth-order valence-corrected chi connectivity index (χ4v) is 3.02. The third-order valence-electron chi connectivity index (χ3n) is 3.36. The maximum Gasteiger partial charge on any atom is 0.241 e. The fourth-order valence-electron chi connectivity index (χ4n) is 2.10. The minimum Gasteiger partial charge on any atom is -0.325 e. The average Bonchev–Trinajstić information content (AvgIpc) is 2.97. The Morgan fingerprint density at radius 2 is 2.19 bits per heavy atom. The van der Waals surface area contributed by atoms with Crippen LogP contribution >= 0.6 is 22.9 Å². The molecule has 0 aliphatic heterocycles. The molecule has 0 fully saturated rings. The Balaban J connectivity index is 1.99. The van der Waals surface area contributed by atoms with E-state index in [1.165, 1.54) is 4.88 Å². The molecule has 21 heavy (non-hydrogen) atoms.